The van der Waals surface area contributed by atoms with Crippen LogP contribution in [0, 0.1) is 17.2 Å². The van der Waals surface area contributed by atoms with Crippen molar-refractivity contribution in [2.75, 3.05) is 11.9 Å². The number of allylic oxidation sites excluding steroid dienone is 1. The van der Waals surface area contributed by atoms with Gasteiger partial charge in [-0.05, 0) is 49.0 Å². The summed E-state index contributed by atoms with van der Waals surface area (Å²) in [6, 6.07) is 5.87. The van der Waals surface area contributed by atoms with E-state index in [1.54, 1.807) is 4.90 Å². The first kappa shape index (κ1) is 17.3. The van der Waals surface area contributed by atoms with Crippen LogP contribution in [0.4, 0.5) is 5.82 Å². The number of H-pyrrole nitrogens is 1. The van der Waals surface area contributed by atoms with E-state index in [1.165, 1.54) is 0 Å². The van der Waals surface area contributed by atoms with Gasteiger partial charge in [0.25, 0.3) is 0 Å². The molecule has 2 aromatic rings. The van der Waals surface area contributed by atoms with Crippen molar-refractivity contribution >= 4 is 34.2 Å². The molecule has 1 aliphatic heterocycles. The van der Waals surface area contributed by atoms with Crippen LogP contribution in [0.15, 0.2) is 24.5 Å². The van der Waals surface area contributed by atoms with E-state index >= 15 is 0 Å². The molecule has 4 rings (SSSR count). The fourth-order valence-electron chi connectivity index (χ4n) is 3.41. The molecule has 2 aliphatic rings. The molecule has 0 bridgehead atoms. The number of rotatable bonds is 5. The molecule has 0 radical (unpaired) electrons. The summed E-state index contributed by atoms with van der Waals surface area (Å²) in [6.07, 6.45) is 7.77. The lowest BCUT2D eigenvalue weighted by Crippen LogP contribution is -2.29. The standard InChI is InChI=1S/C20H21N5O2/c21-8-1-4-18(26)25-10-2-3-14(12-25)16-11-17(24-20(27)13-5-6-13)23-19-15(16)7-9-22-19/h7,9,11-13H,1-6,10H2,(H2,22,23,24,27). The second kappa shape index (κ2) is 7.23. The van der Waals surface area contributed by atoms with E-state index in [-0.39, 0.29) is 30.6 Å². The van der Waals surface area contributed by atoms with Crippen LogP contribution in [0.2, 0.25) is 0 Å². The summed E-state index contributed by atoms with van der Waals surface area (Å²) in [4.78, 5) is 33.7. The molecular formula is C20H21N5O2. The molecule has 1 aliphatic carbocycles. The molecule has 7 heteroatoms. The number of nitriles is 1. The van der Waals surface area contributed by atoms with E-state index in [9.17, 15) is 9.59 Å². The summed E-state index contributed by atoms with van der Waals surface area (Å²) in [7, 11) is 0. The Morgan fingerprint density at radius 1 is 1.41 bits per heavy atom. The Morgan fingerprint density at radius 2 is 2.26 bits per heavy atom. The minimum absolute atomic E-state index is 0.0188. The average Bonchev–Trinajstić information content (AvgIpc) is 3.44. The monoisotopic (exact) mass is 363 g/mol. The zero-order valence-electron chi connectivity index (χ0n) is 15.0. The highest BCUT2D eigenvalue weighted by atomic mass is 16.2. The van der Waals surface area contributed by atoms with Gasteiger partial charge >= 0.3 is 0 Å². The fourth-order valence-corrected chi connectivity index (χ4v) is 3.41. The Hall–Kier alpha value is -3.14. The molecule has 1 saturated carbocycles. The zero-order chi connectivity index (χ0) is 18.8. The highest BCUT2D eigenvalue weighted by molar-refractivity contribution is 5.97. The molecule has 1 fully saturated rings. The quantitative estimate of drug-likeness (QED) is 0.851. The maximum absolute atomic E-state index is 12.3. The van der Waals surface area contributed by atoms with E-state index in [0.717, 1.165) is 42.2 Å². The molecule has 2 aromatic heterocycles. The van der Waals surface area contributed by atoms with Gasteiger partial charge in [-0.2, -0.15) is 5.26 Å². The maximum atomic E-state index is 12.3. The van der Waals surface area contributed by atoms with Crippen molar-refractivity contribution in [3.05, 3.63) is 30.1 Å². The number of aromatic amines is 1. The van der Waals surface area contributed by atoms with Crippen LogP contribution in [0.1, 0.15) is 44.1 Å². The molecule has 0 saturated heterocycles. The van der Waals surface area contributed by atoms with Gasteiger partial charge in [0.2, 0.25) is 11.8 Å². The number of nitrogens with one attached hydrogen (secondary N) is 2. The number of aromatic nitrogens is 2. The van der Waals surface area contributed by atoms with Crippen molar-refractivity contribution in [2.24, 2.45) is 5.92 Å². The summed E-state index contributed by atoms with van der Waals surface area (Å²) in [5.74, 6) is 0.628. The number of nitrogens with zero attached hydrogens (tertiary/aromatic N) is 3. The zero-order valence-corrected chi connectivity index (χ0v) is 15.0. The van der Waals surface area contributed by atoms with Crippen LogP contribution < -0.4 is 5.32 Å². The topological polar surface area (TPSA) is 102 Å². The van der Waals surface area contributed by atoms with Crippen molar-refractivity contribution in [3.63, 3.8) is 0 Å². The number of fused-ring (bicyclic) bond motifs is 1. The Balaban J connectivity index is 1.66. The van der Waals surface area contributed by atoms with Crippen molar-refractivity contribution in [3.8, 4) is 6.07 Å². The molecular weight excluding hydrogens is 342 g/mol. The van der Waals surface area contributed by atoms with E-state index in [2.05, 4.69) is 15.3 Å². The average molecular weight is 363 g/mol. The van der Waals surface area contributed by atoms with Gasteiger partial charge in [0.15, 0.2) is 0 Å². The van der Waals surface area contributed by atoms with Crippen molar-refractivity contribution in [1.29, 1.82) is 5.26 Å². The number of anilines is 1. The summed E-state index contributed by atoms with van der Waals surface area (Å²) in [5, 5.41) is 12.6. The van der Waals surface area contributed by atoms with Crippen molar-refractivity contribution in [1.82, 2.24) is 14.9 Å². The molecule has 0 unspecified atom stereocenters. The number of hydrogen-bond acceptors (Lipinski definition) is 4. The second-order valence-electron chi connectivity index (χ2n) is 7.06. The number of hydrogen-bond donors (Lipinski definition) is 2. The third-order valence-electron chi connectivity index (χ3n) is 5.00. The Morgan fingerprint density at radius 3 is 3.04 bits per heavy atom. The van der Waals surface area contributed by atoms with E-state index in [0.29, 0.717) is 18.0 Å². The van der Waals surface area contributed by atoms with Crippen LogP contribution in [0.5, 0.6) is 0 Å². The summed E-state index contributed by atoms with van der Waals surface area (Å²) >= 11 is 0. The Bertz CT molecular complexity index is 964. The fraction of sp³-hybridized carbons (Fsp3) is 0.400. The molecule has 0 aromatic carbocycles. The van der Waals surface area contributed by atoms with Crippen molar-refractivity contribution in [2.45, 2.75) is 38.5 Å². The van der Waals surface area contributed by atoms with Crippen LogP contribution in [-0.2, 0) is 9.59 Å². The van der Waals surface area contributed by atoms with Gasteiger partial charge in [0.05, 0.1) is 6.07 Å². The molecule has 7 nitrogen and oxygen atoms in total. The predicted octanol–water partition coefficient (Wildman–Crippen LogP) is 3.18. The van der Waals surface area contributed by atoms with Gasteiger partial charge in [-0.3, -0.25) is 9.59 Å². The lowest BCUT2D eigenvalue weighted by atomic mass is 9.97. The first-order valence-corrected chi connectivity index (χ1v) is 9.32. The third-order valence-corrected chi connectivity index (χ3v) is 5.00. The SMILES string of the molecule is N#CCCC(=O)N1C=C(c2cc(NC(=O)C3CC3)nc3[nH]ccc23)CCC1. The Labute approximate surface area is 157 Å². The number of carbonyl (C=O) groups excluding carboxylic acids is 2. The highest BCUT2D eigenvalue weighted by Gasteiger charge is 2.30. The number of pyridine rings is 1. The minimum atomic E-state index is -0.0321. The molecule has 3 heterocycles. The second-order valence-corrected chi connectivity index (χ2v) is 7.06. The highest BCUT2D eigenvalue weighted by Crippen LogP contribution is 2.33. The van der Waals surface area contributed by atoms with Gasteiger partial charge in [0, 0.05) is 43.1 Å². The van der Waals surface area contributed by atoms with Crippen molar-refractivity contribution < 1.29 is 9.59 Å². The third kappa shape index (κ3) is 3.70. The first-order chi connectivity index (χ1) is 13.2. The normalized spacial score (nSPS) is 16.7. The van der Waals surface area contributed by atoms with E-state index < -0.39 is 0 Å². The summed E-state index contributed by atoms with van der Waals surface area (Å²) in [5.41, 5.74) is 2.73. The number of carbonyl (C=O) groups is 2. The molecule has 27 heavy (non-hydrogen) atoms. The summed E-state index contributed by atoms with van der Waals surface area (Å²) < 4.78 is 0. The molecule has 2 N–H and O–H groups in total. The van der Waals surface area contributed by atoms with Crippen LogP contribution in [0.25, 0.3) is 16.6 Å². The lowest BCUT2D eigenvalue weighted by molar-refractivity contribution is -0.128. The molecule has 0 atom stereocenters. The molecule has 138 valence electrons. The lowest BCUT2D eigenvalue weighted by Gasteiger charge is -2.25. The van der Waals surface area contributed by atoms with Gasteiger partial charge in [-0.1, -0.05) is 0 Å². The van der Waals surface area contributed by atoms with Gasteiger partial charge in [-0.15, -0.1) is 0 Å². The molecule has 2 amide bonds. The Kier molecular flexibility index (Phi) is 4.63. The van der Waals surface area contributed by atoms with Crippen LogP contribution in [0.3, 0.4) is 0 Å². The number of amides is 2. The largest absolute Gasteiger partial charge is 0.346 e. The van der Waals surface area contributed by atoms with E-state index in [1.807, 2.05) is 30.6 Å². The van der Waals surface area contributed by atoms with Gasteiger partial charge in [-0.25, -0.2) is 4.98 Å². The van der Waals surface area contributed by atoms with Gasteiger partial charge in [0.1, 0.15) is 11.5 Å². The smallest absolute Gasteiger partial charge is 0.228 e. The maximum Gasteiger partial charge on any atom is 0.228 e. The van der Waals surface area contributed by atoms with E-state index in [4.69, 9.17) is 5.26 Å². The predicted molar refractivity (Wildman–Crippen MR) is 101 cm³/mol. The van der Waals surface area contributed by atoms with Crippen LogP contribution >= 0.6 is 0 Å². The first-order valence-electron chi connectivity index (χ1n) is 9.32. The minimum Gasteiger partial charge on any atom is -0.346 e. The molecule has 0 spiro atoms. The van der Waals surface area contributed by atoms with Crippen LogP contribution in [-0.4, -0.2) is 33.2 Å². The summed E-state index contributed by atoms with van der Waals surface area (Å²) in [6.45, 7) is 0.667. The van der Waals surface area contributed by atoms with Gasteiger partial charge < -0.3 is 15.2 Å².